The molecule has 0 bridgehead atoms. The summed E-state index contributed by atoms with van der Waals surface area (Å²) in [6, 6.07) is 5.99. The molecular formula is C16H24O4. The van der Waals surface area contributed by atoms with Crippen molar-refractivity contribution in [3.8, 4) is 5.75 Å². The Morgan fingerprint density at radius 1 is 1.35 bits per heavy atom. The van der Waals surface area contributed by atoms with Crippen molar-refractivity contribution in [1.82, 2.24) is 0 Å². The molecule has 0 radical (unpaired) electrons. The van der Waals surface area contributed by atoms with Crippen LogP contribution < -0.4 is 4.74 Å². The minimum atomic E-state index is -0.931. The van der Waals surface area contributed by atoms with Gasteiger partial charge in [0, 0.05) is 6.42 Å². The number of esters is 1. The normalized spacial score (nSPS) is 12.9. The van der Waals surface area contributed by atoms with Gasteiger partial charge in [-0.15, -0.1) is 0 Å². The second-order valence-electron chi connectivity index (χ2n) is 5.64. The Hall–Kier alpha value is -1.55. The summed E-state index contributed by atoms with van der Waals surface area (Å²) in [7, 11) is 1.32. The van der Waals surface area contributed by atoms with E-state index in [1.807, 2.05) is 32.0 Å². The summed E-state index contributed by atoms with van der Waals surface area (Å²) >= 11 is 0. The monoisotopic (exact) mass is 280 g/mol. The molecule has 0 aliphatic heterocycles. The molecular weight excluding hydrogens is 256 g/mol. The fraction of sp³-hybridized carbons (Fsp3) is 0.562. The van der Waals surface area contributed by atoms with Crippen molar-refractivity contribution in [3.63, 3.8) is 0 Å². The zero-order valence-corrected chi connectivity index (χ0v) is 12.9. The van der Waals surface area contributed by atoms with Gasteiger partial charge in [0.05, 0.1) is 25.2 Å². The van der Waals surface area contributed by atoms with E-state index in [1.165, 1.54) is 7.11 Å². The number of aryl methyl sites for hydroxylation is 2. The van der Waals surface area contributed by atoms with Crippen LogP contribution in [0.3, 0.4) is 0 Å². The van der Waals surface area contributed by atoms with Crippen LogP contribution in [0.4, 0.5) is 0 Å². The Kier molecular flexibility index (Phi) is 5.57. The smallest absolute Gasteiger partial charge is 0.313 e. The van der Waals surface area contributed by atoms with Gasteiger partial charge in [0.2, 0.25) is 0 Å². The molecule has 0 saturated heterocycles. The molecule has 112 valence electrons. The SMILES string of the molecule is COC(=O)C(C)(C)C(O)CCOc1cc(C)ccc1C. The fourth-order valence-electron chi connectivity index (χ4n) is 1.90. The molecule has 4 nitrogen and oxygen atoms in total. The third-order valence-electron chi connectivity index (χ3n) is 3.54. The van der Waals surface area contributed by atoms with Crippen molar-refractivity contribution in [1.29, 1.82) is 0 Å². The highest BCUT2D eigenvalue weighted by Gasteiger charge is 2.36. The van der Waals surface area contributed by atoms with Gasteiger partial charge in [0.25, 0.3) is 0 Å². The largest absolute Gasteiger partial charge is 0.493 e. The molecule has 1 aromatic carbocycles. The summed E-state index contributed by atoms with van der Waals surface area (Å²) in [5, 5.41) is 10.1. The van der Waals surface area contributed by atoms with Gasteiger partial charge in [0.15, 0.2) is 0 Å². The van der Waals surface area contributed by atoms with Gasteiger partial charge in [-0.25, -0.2) is 0 Å². The molecule has 1 aromatic rings. The highest BCUT2D eigenvalue weighted by Crippen LogP contribution is 2.25. The molecule has 0 aromatic heterocycles. The van der Waals surface area contributed by atoms with Gasteiger partial charge in [0.1, 0.15) is 5.75 Å². The Morgan fingerprint density at radius 3 is 2.60 bits per heavy atom. The summed E-state index contributed by atoms with van der Waals surface area (Å²) < 4.78 is 10.4. The van der Waals surface area contributed by atoms with Gasteiger partial charge < -0.3 is 14.6 Å². The van der Waals surface area contributed by atoms with Crippen LogP contribution in [-0.4, -0.2) is 30.9 Å². The Labute approximate surface area is 120 Å². The average Bonchev–Trinajstić information content (AvgIpc) is 2.41. The number of aliphatic hydroxyl groups is 1. The van der Waals surface area contributed by atoms with E-state index >= 15 is 0 Å². The summed E-state index contributed by atoms with van der Waals surface area (Å²) in [5.41, 5.74) is 1.25. The van der Waals surface area contributed by atoms with E-state index in [9.17, 15) is 9.90 Å². The Balaban J connectivity index is 2.56. The number of hydrogen-bond acceptors (Lipinski definition) is 4. The zero-order chi connectivity index (χ0) is 15.3. The lowest BCUT2D eigenvalue weighted by molar-refractivity contribution is -0.157. The summed E-state index contributed by atoms with van der Waals surface area (Å²) in [5.74, 6) is 0.393. The third kappa shape index (κ3) is 3.97. The Morgan fingerprint density at radius 2 is 2.00 bits per heavy atom. The topological polar surface area (TPSA) is 55.8 Å². The third-order valence-corrected chi connectivity index (χ3v) is 3.54. The number of hydrogen-bond donors (Lipinski definition) is 1. The lowest BCUT2D eigenvalue weighted by Gasteiger charge is -2.27. The molecule has 1 N–H and O–H groups in total. The van der Waals surface area contributed by atoms with Gasteiger partial charge in [-0.2, -0.15) is 0 Å². The predicted octanol–water partition coefficient (Wildman–Crippen LogP) is 2.63. The first-order valence-electron chi connectivity index (χ1n) is 6.75. The molecule has 1 unspecified atom stereocenters. The quantitative estimate of drug-likeness (QED) is 0.814. The number of benzene rings is 1. The van der Waals surface area contributed by atoms with Gasteiger partial charge in [-0.1, -0.05) is 12.1 Å². The van der Waals surface area contributed by atoms with Crippen molar-refractivity contribution in [2.45, 2.75) is 40.2 Å². The van der Waals surface area contributed by atoms with Crippen LogP contribution in [0, 0.1) is 19.3 Å². The van der Waals surface area contributed by atoms with Crippen LogP contribution in [0.5, 0.6) is 5.75 Å². The molecule has 1 rings (SSSR count). The Bertz CT molecular complexity index is 466. The number of carbonyl (C=O) groups excluding carboxylic acids is 1. The molecule has 1 atom stereocenters. The van der Waals surface area contributed by atoms with Crippen molar-refractivity contribution >= 4 is 5.97 Å². The maximum Gasteiger partial charge on any atom is 0.313 e. The molecule has 0 amide bonds. The van der Waals surface area contributed by atoms with Gasteiger partial charge in [-0.05, 0) is 44.9 Å². The summed E-state index contributed by atoms with van der Waals surface area (Å²) in [6.07, 6.45) is -0.435. The van der Waals surface area contributed by atoms with E-state index in [0.29, 0.717) is 13.0 Å². The second-order valence-corrected chi connectivity index (χ2v) is 5.64. The molecule has 0 fully saturated rings. The first-order chi connectivity index (χ1) is 9.28. The lowest BCUT2D eigenvalue weighted by Crippen LogP contribution is -2.39. The van der Waals surface area contributed by atoms with Crippen LogP contribution >= 0.6 is 0 Å². The van der Waals surface area contributed by atoms with Gasteiger partial charge >= 0.3 is 5.97 Å². The standard InChI is InChI=1S/C16H24O4/c1-11-6-7-12(2)13(10-11)20-9-8-14(17)16(3,4)15(18)19-5/h6-7,10,14,17H,8-9H2,1-5H3. The molecule has 0 saturated carbocycles. The van der Waals surface area contributed by atoms with E-state index < -0.39 is 17.5 Å². The minimum Gasteiger partial charge on any atom is -0.493 e. The molecule has 0 spiro atoms. The molecule has 0 heterocycles. The first-order valence-corrected chi connectivity index (χ1v) is 6.75. The van der Waals surface area contributed by atoms with E-state index in [1.54, 1.807) is 13.8 Å². The summed E-state index contributed by atoms with van der Waals surface area (Å²) in [6.45, 7) is 7.67. The highest BCUT2D eigenvalue weighted by molar-refractivity contribution is 5.76. The number of ether oxygens (including phenoxy) is 2. The van der Waals surface area contributed by atoms with Crippen molar-refractivity contribution in [2.75, 3.05) is 13.7 Å². The van der Waals surface area contributed by atoms with Crippen molar-refractivity contribution in [2.24, 2.45) is 5.41 Å². The maximum absolute atomic E-state index is 11.6. The number of carbonyl (C=O) groups is 1. The van der Waals surface area contributed by atoms with Crippen molar-refractivity contribution in [3.05, 3.63) is 29.3 Å². The molecule has 0 aliphatic carbocycles. The van der Waals surface area contributed by atoms with Crippen LogP contribution in [0.2, 0.25) is 0 Å². The van der Waals surface area contributed by atoms with Crippen LogP contribution in [0.25, 0.3) is 0 Å². The average molecular weight is 280 g/mol. The molecule has 4 heteroatoms. The predicted molar refractivity (Wildman–Crippen MR) is 77.8 cm³/mol. The van der Waals surface area contributed by atoms with Crippen molar-refractivity contribution < 1.29 is 19.4 Å². The van der Waals surface area contributed by atoms with Gasteiger partial charge in [-0.3, -0.25) is 4.79 Å². The molecule has 0 aliphatic rings. The van der Waals surface area contributed by atoms with E-state index in [-0.39, 0.29) is 0 Å². The van der Waals surface area contributed by atoms with E-state index in [2.05, 4.69) is 0 Å². The minimum absolute atomic E-state index is 0.353. The first kappa shape index (κ1) is 16.5. The number of methoxy groups -OCH3 is 1. The van der Waals surface area contributed by atoms with E-state index in [0.717, 1.165) is 16.9 Å². The zero-order valence-electron chi connectivity index (χ0n) is 12.9. The number of aliphatic hydroxyl groups excluding tert-OH is 1. The summed E-state index contributed by atoms with van der Waals surface area (Å²) in [4.78, 5) is 11.6. The van der Waals surface area contributed by atoms with Crippen LogP contribution in [-0.2, 0) is 9.53 Å². The number of rotatable bonds is 6. The maximum atomic E-state index is 11.6. The van der Waals surface area contributed by atoms with Crippen LogP contribution in [0.1, 0.15) is 31.4 Å². The van der Waals surface area contributed by atoms with Crippen LogP contribution in [0.15, 0.2) is 18.2 Å². The fourth-order valence-corrected chi connectivity index (χ4v) is 1.90. The lowest BCUT2D eigenvalue weighted by atomic mass is 9.85. The highest BCUT2D eigenvalue weighted by atomic mass is 16.5. The molecule has 20 heavy (non-hydrogen) atoms. The van der Waals surface area contributed by atoms with E-state index in [4.69, 9.17) is 9.47 Å². The second kappa shape index (κ2) is 6.75.